The van der Waals surface area contributed by atoms with Gasteiger partial charge in [-0.25, -0.2) is 26.3 Å². The van der Waals surface area contributed by atoms with Gasteiger partial charge in [-0.1, -0.05) is 18.9 Å². The standard InChI is InChI=1S/C19H25F3N2O5S/c1-12(13-6-7-15(20)16(9-13)29-11-17(21)22)24-30(27,28)8-4-2-3-5-14-10-18(25)23-19(14)26/h6-7,9,12,14,17,24H,2-5,8,10-11H2,1H3,(H,23,25,26)/t12-,14?/m1/s1. The van der Waals surface area contributed by atoms with Crippen LogP contribution in [0.2, 0.25) is 0 Å². The average Bonchev–Trinajstić information content (AvgIpc) is 2.97. The van der Waals surface area contributed by atoms with E-state index in [-0.39, 0.29) is 35.7 Å². The first-order valence-corrected chi connectivity index (χ1v) is 11.3. The Morgan fingerprint density at radius 3 is 2.60 bits per heavy atom. The number of rotatable bonds is 12. The molecule has 2 N–H and O–H groups in total. The lowest BCUT2D eigenvalue weighted by Gasteiger charge is -2.16. The molecule has 30 heavy (non-hydrogen) atoms. The maximum atomic E-state index is 13.7. The molecule has 1 aromatic carbocycles. The Morgan fingerprint density at radius 1 is 1.23 bits per heavy atom. The molecule has 2 rings (SSSR count). The number of carbonyl (C=O) groups excluding carboxylic acids is 2. The van der Waals surface area contributed by atoms with Crippen molar-refractivity contribution in [3.05, 3.63) is 29.6 Å². The summed E-state index contributed by atoms with van der Waals surface area (Å²) in [4.78, 5) is 22.6. The van der Waals surface area contributed by atoms with Crippen molar-refractivity contribution < 1.29 is 35.9 Å². The lowest BCUT2D eigenvalue weighted by molar-refractivity contribution is -0.125. The van der Waals surface area contributed by atoms with Crippen molar-refractivity contribution in [1.82, 2.24) is 10.0 Å². The molecule has 2 atom stereocenters. The van der Waals surface area contributed by atoms with E-state index in [0.717, 1.165) is 6.07 Å². The number of imide groups is 1. The van der Waals surface area contributed by atoms with E-state index in [4.69, 9.17) is 4.74 Å². The molecule has 0 spiro atoms. The van der Waals surface area contributed by atoms with Crippen LogP contribution in [0, 0.1) is 11.7 Å². The number of alkyl halides is 2. The Morgan fingerprint density at radius 2 is 1.97 bits per heavy atom. The van der Waals surface area contributed by atoms with Gasteiger partial charge in [0.05, 0.1) is 5.75 Å². The second-order valence-corrected chi connectivity index (χ2v) is 9.09. The van der Waals surface area contributed by atoms with Crippen LogP contribution in [0.4, 0.5) is 13.2 Å². The van der Waals surface area contributed by atoms with Crippen molar-refractivity contribution in [2.45, 2.75) is 51.5 Å². The molecule has 1 aliphatic rings. The molecule has 1 fully saturated rings. The van der Waals surface area contributed by atoms with Crippen LogP contribution in [0.25, 0.3) is 0 Å². The molecule has 11 heteroatoms. The average molecular weight is 450 g/mol. The fourth-order valence-electron chi connectivity index (χ4n) is 3.15. The predicted molar refractivity (Wildman–Crippen MR) is 103 cm³/mol. The van der Waals surface area contributed by atoms with Crippen molar-refractivity contribution in [2.75, 3.05) is 12.4 Å². The molecule has 168 valence electrons. The van der Waals surface area contributed by atoms with E-state index in [2.05, 4.69) is 10.0 Å². The van der Waals surface area contributed by atoms with Crippen LogP contribution < -0.4 is 14.8 Å². The Hall–Kier alpha value is -2.14. The van der Waals surface area contributed by atoms with E-state index < -0.39 is 34.9 Å². The van der Waals surface area contributed by atoms with Crippen LogP contribution in [-0.2, 0) is 19.6 Å². The zero-order valence-corrected chi connectivity index (χ0v) is 17.3. The van der Waals surface area contributed by atoms with Crippen molar-refractivity contribution in [1.29, 1.82) is 0 Å². The second-order valence-electron chi connectivity index (χ2n) is 7.21. The summed E-state index contributed by atoms with van der Waals surface area (Å²) in [6.07, 6.45) is -0.479. The number of amides is 2. The van der Waals surface area contributed by atoms with Gasteiger partial charge in [0.25, 0.3) is 6.43 Å². The summed E-state index contributed by atoms with van der Waals surface area (Å²) < 4.78 is 69.9. The highest BCUT2D eigenvalue weighted by atomic mass is 32.2. The van der Waals surface area contributed by atoms with Gasteiger partial charge in [-0.3, -0.25) is 14.9 Å². The minimum atomic E-state index is -3.63. The molecule has 1 heterocycles. The zero-order chi connectivity index (χ0) is 22.3. The van der Waals surface area contributed by atoms with Crippen molar-refractivity contribution >= 4 is 21.8 Å². The highest BCUT2D eigenvalue weighted by molar-refractivity contribution is 7.89. The topological polar surface area (TPSA) is 102 Å². The third-order valence-corrected chi connectivity index (χ3v) is 6.25. The maximum absolute atomic E-state index is 13.7. The summed E-state index contributed by atoms with van der Waals surface area (Å²) in [7, 11) is -3.63. The van der Waals surface area contributed by atoms with Crippen molar-refractivity contribution in [3.8, 4) is 5.75 Å². The molecule has 1 aliphatic heterocycles. The highest BCUT2D eigenvalue weighted by Crippen LogP contribution is 2.24. The molecule has 0 aromatic heterocycles. The number of ether oxygens (including phenoxy) is 1. The van der Waals surface area contributed by atoms with Crippen LogP contribution in [-0.4, -0.2) is 39.0 Å². The minimum Gasteiger partial charge on any atom is -0.485 e. The quantitative estimate of drug-likeness (QED) is 0.377. The molecule has 1 unspecified atom stereocenters. The zero-order valence-electron chi connectivity index (χ0n) is 16.5. The molecule has 7 nitrogen and oxygen atoms in total. The number of sulfonamides is 1. The van der Waals surface area contributed by atoms with Gasteiger partial charge in [0.15, 0.2) is 11.6 Å². The lowest BCUT2D eigenvalue weighted by Crippen LogP contribution is -2.29. The molecule has 1 saturated heterocycles. The van der Waals surface area contributed by atoms with E-state index in [1.54, 1.807) is 6.92 Å². The number of nitrogens with one attached hydrogen (secondary N) is 2. The molecule has 0 radical (unpaired) electrons. The predicted octanol–water partition coefficient (Wildman–Crippen LogP) is 2.67. The van der Waals surface area contributed by atoms with Crippen LogP contribution in [0.3, 0.4) is 0 Å². The summed E-state index contributed by atoms with van der Waals surface area (Å²) in [5.41, 5.74) is 0.376. The van der Waals surface area contributed by atoms with Crippen molar-refractivity contribution in [3.63, 3.8) is 0 Å². The van der Waals surface area contributed by atoms with E-state index in [0.29, 0.717) is 31.2 Å². The Bertz CT molecular complexity index is 864. The monoisotopic (exact) mass is 450 g/mol. The summed E-state index contributed by atoms with van der Waals surface area (Å²) in [6.45, 7) is 0.592. The van der Waals surface area contributed by atoms with Gasteiger partial charge in [0, 0.05) is 18.4 Å². The van der Waals surface area contributed by atoms with Crippen LogP contribution >= 0.6 is 0 Å². The number of benzene rings is 1. The largest absolute Gasteiger partial charge is 0.485 e. The number of hydrogen-bond donors (Lipinski definition) is 2. The first-order chi connectivity index (χ1) is 14.1. The fourth-order valence-corrected chi connectivity index (χ4v) is 4.53. The SMILES string of the molecule is C[C@@H](NS(=O)(=O)CCCCCC1CC(=O)NC1=O)c1ccc(F)c(OCC(F)F)c1. The first-order valence-electron chi connectivity index (χ1n) is 9.61. The molecule has 0 saturated carbocycles. The van der Waals surface area contributed by atoms with Gasteiger partial charge in [0.1, 0.15) is 6.61 Å². The summed E-state index contributed by atoms with van der Waals surface area (Å²) in [5.74, 6) is -2.22. The summed E-state index contributed by atoms with van der Waals surface area (Å²) >= 11 is 0. The number of hydrogen-bond acceptors (Lipinski definition) is 5. The normalized spacial score (nSPS) is 18.0. The van der Waals surface area contributed by atoms with Crippen LogP contribution in [0.5, 0.6) is 5.75 Å². The van der Waals surface area contributed by atoms with E-state index >= 15 is 0 Å². The van der Waals surface area contributed by atoms with Gasteiger partial charge in [-0.05, 0) is 37.5 Å². The van der Waals surface area contributed by atoms with Gasteiger partial charge >= 0.3 is 0 Å². The van der Waals surface area contributed by atoms with Gasteiger partial charge in [-0.2, -0.15) is 0 Å². The van der Waals surface area contributed by atoms with Crippen LogP contribution in [0.1, 0.15) is 50.6 Å². The summed E-state index contributed by atoms with van der Waals surface area (Å²) in [6, 6.07) is 2.87. The van der Waals surface area contributed by atoms with Gasteiger partial charge in [-0.15, -0.1) is 0 Å². The molecular formula is C19H25F3N2O5S. The van der Waals surface area contributed by atoms with Crippen molar-refractivity contribution in [2.24, 2.45) is 5.92 Å². The van der Waals surface area contributed by atoms with E-state index in [9.17, 15) is 31.2 Å². The molecule has 1 aromatic rings. The number of carbonyl (C=O) groups is 2. The second kappa shape index (κ2) is 10.8. The maximum Gasteiger partial charge on any atom is 0.272 e. The smallest absolute Gasteiger partial charge is 0.272 e. The van der Waals surface area contributed by atoms with Gasteiger partial charge in [0.2, 0.25) is 21.8 Å². The molecule has 0 aliphatic carbocycles. The summed E-state index contributed by atoms with van der Waals surface area (Å²) in [5, 5.41) is 2.24. The van der Waals surface area contributed by atoms with Crippen LogP contribution in [0.15, 0.2) is 18.2 Å². The molecule has 0 bridgehead atoms. The first kappa shape index (κ1) is 24.1. The lowest BCUT2D eigenvalue weighted by atomic mass is 10.00. The third kappa shape index (κ3) is 7.60. The number of halogens is 3. The third-order valence-electron chi connectivity index (χ3n) is 4.71. The molecular weight excluding hydrogens is 425 g/mol. The highest BCUT2D eigenvalue weighted by Gasteiger charge is 2.29. The Balaban J connectivity index is 1.79. The molecule has 2 amide bonds. The Kier molecular flexibility index (Phi) is 8.65. The van der Waals surface area contributed by atoms with Gasteiger partial charge < -0.3 is 4.74 Å². The fraction of sp³-hybridized carbons (Fsp3) is 0.579. The minimum absolute atomic E-state index is 0.136. The number of unbranched alkanes of at least 4 members (excludes halogenated alkanes) is 2. The Labute approximate surface area is 173 Å². The van der Waals surface area contributed by atoms with E-state index in [1.807, 2.05) is 0 Å². The van der Waals surface area contributed by atoms with E-state index in [1.165, 1.54) is 12.1 Å².